The van der Waals surface area contributed by atoms with Gasteiger partial charge in [-0.25, -0.2) is 8.42 Å². The standard InChI is InChI=1S/C14H18F3N3O4S/c1-3-18-12(21)9(2)20-25(23,24)11-6-4-10(5-7-11)13(22)19-8-14(15,16)17/h4-7,9,20H,3,8H2,1-2H3,(H,18,21)(H,19,22)/t9-/m1/s1. The minimum atomic E-state index is -4.54. The third-order valence-corrected chi connectivity index (χ3v) is 4.51. The van der Waals surface area contributed by atoms with E-state index in [-0.39, 0.29) is 10.5 Å². The molecule has 0 aliphatic heterocycles. The molecule has 1 aromatic rings. The van der Waals surface area contributed by atoms with E-state index < -0.39 is 40.6 Å². The molecule has 7 nitrogen and oxygen atoms in total. The van der Waals surface area contributed by atoms with Crippen LogP contribution in [0.1, 0.15) is 24.2 Å². The fourth-order valence-electron chi connectivity index (χ4n) is 1.75. The van der Waals surface area contributed by atoms with Crippen LogP contribution in [0, 0.1) is 0 Å². The number of carbonyl (C=O) groups is 2. The molecule has 140 valence electrons. The second-order valence-electron chi connectivity index (χ2n) is 5.06. The minimum Gasteiger partial charge on any atom is -0.355 e. The number of halogens is 3. The maximum absolute atomic E-state index is 12.1. The number of likely N-dealkylation sites (N-methyl/N-ethyl adjacent to an activating group) is 1. The molecule has 0 fully saturated rings. The lowest BCUT2D eigenvalue weighted by Crippen LogP contribution is -2.44. The molecule has 1 atom stereocenters. The molecule has 1 aromatic carbocycles. The molecule has 2 amide bonds. The van der Waals surface area contributed by atoms with Gasteiger partial charge in [-0.15, -0.1) is 0 Å². The number of amides is 2. The highest BCUT2D eigenvalue weighted by Gasteiger charge is 2.28. The molecule has 1 rings (SSSR count). The van der Waals surface area contributed by atoms with E-state index in [1.54, 1.807) is 12.2 Å². The van der Waals surface area contributed by atoms with Crippen molar-refractivity contribution in [1.29, 1.82) is 0 Å². The summed E-state index contributed by atoms with van der Waals surface area (Å²) in [5, 5.41) is 4.14. The van der Waals surface area contributed by atoms with E-state index in [9.17, 15) is 31.2 Å². The Kier molecular flexibility index (Phi) is 6.94. The van der Waals surface area contributed by atoms with Gasteiger partial charge < -0.3 is 10.6 Å². The summed E-state index contributed by atoms with van der Waals surface area (Å²) in [6, 6.07) is 3.28. The molecule has 11 heteroatoms. The molecule has 0 aliphatic carbocycles. The minimum absolute atomic E-state index is 0.125. The Morgan fingerprint density at radius 3 is 2.16 bits per heavy atom. The Balaban J connectivity index is 2.80. The lowest BCUT2D eigenvalue weighted by molar-refractivity contribution is -0.123. The molecule has 0 aliphatic rings. The third kappa shape index (κ3) is 6.70. The fraction of sp³-hybridized carbons (Fsp3) is 0.429. The molecule has 25 heavy (non-hydrogen) atoms. The second kappa shape index (κ2) is 8.30. The number of nitrogens with one attached hydrogen (secondary N) is 3. The molecule has 3 N–H and O–H groups in total. The summed E-state index contributed by atoms with van der Waals surface area (Å²) in [7, 11) is -4.02. The van der Waals surface area contributed by atoms with Gasteiger partial charge in [0, 0.05) is 12.1 Å². The first-order valence-corrected chi connectivity index (χ1v) is 8.69. The van der Waals surface area contributed by atoms with Crippen LogP contribution >= 0.6 is 0 Å². The van der Waals surface area contributed by atoms with E-state index in [4.69, 9.17) is 0 Å². The van der Waals surface area contributed by atoms with Gasteiger partial charge in [0.25, 0.3) is 5.91 Å². The van der Waals surface area contributed by atoms with E-state index in [0.717, 1.165) is 24.3 Å². The van der Waals surface area contributed by atoms with Crippen LogP contribution in [0.5, 0.6) is 0 Å². The Morgan fingerprint density at radius 2 is 1.68 bits per heavy atom. The van der Waals surface area contributed by atoms with Crippen molar-refractivity contribution in [2.75, 3.05) is 13.1 Å². The average Bonchev–Trinajstić information content (AvgIpc) is 2.51. The van der Waals surface area contributed by atoms with E-state index >= 15 is 0 Å². The van der Waals surface area contributed by atoms with Crippen molar-refractivity contribution in [3.05, 3.63) is 29.8 Å². The summed E-state index contributed by atoms with van der Waals surface area (Å²) in [6.07, 6.45) is -4.54. The molecular weight excluding hydrogens is 363 g/mol. The highest BCUT2D eigenvalue weighted by atomic mass is 32.2. The van der Waals surface area contributed by atoms with Gasteiger partial charge in [-0.05, 0) is 38.1 Å². The lowest BCUT2D eigenvalue weighted by atomic mass is 10.2. The number of rotatable bonds is 7. The van der Waals surface area contributed by atoms with Crippen molar-refractivity contribution in [2.45, 2.75) is 31.0 Å². The largest absolute Gasteiger partial charge is 0.405 e. The summed E-state index contributed by atoms with van der Waals surface area (Å²) >= 11 is 0. The summed E-state index contributed by atoms with van der Waals surface area (Å²) in [4.78, 5) is 22.9. The summed E-state index contributed by atoms with van der Waals surface area (Å²) in [5.41, 5.74) is -0.125. The van der Waals surface area contributed by atoms with Gasteiger partial charge in [-0.2, -0.15) is 17.9 Å². The molecule has 0 saturated carbocycles. The smallest absolute Gasteiger partial charge is 0.355 e. The first-order valence-electron chi connectivity index (χ1n) is 7.21. The highest BCUT2D eigenvalue weighted by Crippen LogP contribution is 2.14. The topological polar surface area (TPSA) is 104 Å². The van der Waals surface area contributed by atoms with Crippen molar-refractivity contribution in [1.82, 2.24) is 15.4 Å². The molecule has 0 radical (unpaired) electrons. The van der Waals surface area contributed by atoms with Gasteiger partial charge in [0.2, 0.25) is 15.9 Å². The van der Waals surface area contributed by atoms with Crippen LogP contribution in [0.2, 0.25) is 0 Å². The van der Waals surface area contributed by atoms with Crippen molar-refractivity contribution in [2.24, 2.45) is 0 Å². The average molecular weight is 381 g/mol. The Morgan fingerprint density at radius 1 is 1.12 bits per heavy atom. The van der Waals surface area contributed by atoms with Gasteiger partial charge in [0.1, 0.15) is 6.54 Å². The molecule has 0 aromatic heterocycles. The summed E-state index contributed by atoms with van der Waals surface area (Å²) < 4.78 is 62.6. The van der Waals surface area contributed by atoms with E-state index in [2.05, 4.69) is 10.0 Å². The number of benzene rings is 1. The maximum Gasteiger partial charge on any atom is 0.405 e. The maximum atomic E-state index is 12.1. The fourth-order valence-corrected chi connectivity index (χ4v) is 2.95. The van der Waals surface area contributed by atoms with Crippen LogP contribution in [0.4, 0.5) is 13.2 Å². The second-order valence-corrected chi connectivity index (χ2v) is 6.77. The normalized spacial score (nSPS) is 13.2. The number of hydrogen-bond acceptors (Lipinski definition) is 4. The highest BCUT2D eigenvalue weighted by molar-refractivity contribution is 7.89. The van der Waals surface area contributed by atoms with Crippen LogP contribution < -0.4 is 15.4 Å². The number of alkyl halides is 3. The Labute approximate surface area is 143 Å². The molecular formula is C14H18F3N3O4S. The first-order chi connectivity index (χ1) is 11.5. The molecule has 0 unspecified atom stereocenters. The molecule has 0 heterocycles. The predicted molar refractivity (Wildman–Crippen MR) is 83.3 cm³/mol. The zero-order valence-electron chi connectivity index (χ0n) is 13.5. The Bertz CT molecular complexity index is 718. The van der Waals surface area contributed by atoms with Crippen molar-refractivity contribution < 1.29 is 31.2 Å². The molecule has 0 bridgehead atoms. The van der Waals surface area contributed by atoms with Crippen molar-refractivity contribution in [3.8, 4) is 0 Å². The van der Waals surface area contributed by atoms with E-state index in [0.29, 0.717) is 6.54 Å². The summed E-state index contributed by atoms with van der Waals surface area (Å²) in [5.74, 6) is -1.49. The quantitative estimate of drug-likeness (QED) is 0.649. The number of sulfonamides is 1. The van der Waals surface area contributed by atoms with Crippen molar-refractivity contribution in [3.63, 3.8) is 0 Å². The van der Waals surface area contributed by atoms with Gasteiger partial charge >= 0.3 is 6.18 Å². The van der Waals surface area contributed by atoms with Gasteiger partial charge in [0.05, 0.1) is 10.9 Å². The van der Waals surface area contributed by atoms with Crippen LogP contribution in [0.15, 0.2) is 29.2 Å². The van der Waals surface area contributed by atoms with Gasteiger partial charge in [-0.1, -0.05) is 0 Å². The van der Waals surface area contributed by atoms with Crippen LogP contribution in [-0.4, -0.2) is 45.5 Å². The summed E-state index contributed by atoms with van der Waals surface area (Å²) in [6.45, 7) is 1.90. The molecule has 0 saturated heterocycles. The monoisotopic (exact) mass is 381 g/mol. The molecule has 0 spiro atoms. The van der Waals surface area contributed by atoms with Crippen LogP contribution in [0.25, 0.3) is 0 Å². The van der Waals surface area contributed by atoms with Gasteiger partial charge in [-0.3, -0.25) is 9.59 Å². The number of hydrogen-bond donors (Lipinski definition) is 3. The van der Waals surface area contributed by atoms with E-state index in [1.807, 2.05) is 0 Å². The zero-order valence-corrected chi connectivity index (χ0v) is 14.3. The number of carbonyl (C=O) groups excluding carboxylic acids is 2. The van der Waals surface area contributed by atoms with Crippen LogP contribution in [0.3, 0.4) is 0 Å². The predicted octanol–water partition coefficient (Wildman–Crippen LogP) is 0.782. The third-order valence-electron chi connectivity index (χ3n) is 2.95. The lowest BCUT2D eigenvalue weighted by Gasteiger charge is -2.14. The SMILES string of the molecule is CCNC(=O)[C@@H](C)NS(=O)(=O)c1ccc(C(=O)NCC(F)(F)F)cc1. The van der Waals surface area contributed by atoms with E-state index in [1.165, 1.54) is 6.92 Å². The zero-order chi connectivity index (χ0) is 19.3. The van der Waals surface area contributed by atoms with Gasteiger partial charge in [0.15, 0.2) is 0 Å². The van der Waals surface area contributed by atoms with Crippen molar-refractivity contribution >= 4 is 21.8 Å². The Hall–Kier alpha value is -2.14. The first kappa shape index (κ1) is 20.9. The van der Waals surface area contributed by atoms with Crippen LogP contribution in [-0.2, 0) is 14.8 Å².